The fourth-order valence-corrected chi connectivity index (χ4v) is 4.57. The number of hydrogen-bond acceptors (Lipinski definition) is 7. The van der Waals surface area contributed by atoms with Crippen LogP contribution in [0.15, 0.2) is 34.8 Å². The van der Waals surface area contributed by atoms with Gasteiger partial charge in [0.15, 0.2) is 10.2 Å². The number of nitrogens with one attached hydrogen (secondary N) is 2. The molecule has 2 heterocycles. The van der Waals surface area contributed by atoms with Crippen LogP contribution in [-0.4, -0.2) is 26.3 Å². The van der Waals surface area contributed by atoms with Crippen molar-refractivity contribution in [2.24, 2.45) is 0 Å². The Kier molecular flexibility index (Phi) is 6.77. The maximum atomic E-state index is 12.4. The standard InChI is InChI=1S/C18H17Cl2N5OS2/c1-9-5-4-6-14(10(9)2)22-17-24-25-18(28-17)27-11(3)16(26)23-15-13(20)7-12(19)8-21-15/h4-8,11H,1-3H3,(H,22,24)(H,21,23,26). The van der Waals surface area contributed by atoms with Gasteiger partial charge in [-0.3, -0.25) is 4.79 Å². The zero-order chi connectivity index (χ0) is 20.3. The molecule has 0 spiro atoms. The van der Waals surface area contributed by atoms with Crippen LogP contribution < -0.4 is 10.6 Å². The maximum absolute atomic E-state index is 12.4. The number of anilines is 3. The topological polar surface area (TPSA) is 79.8 Å². The molecule has 0 aliphatic carbocycles. The number of aromatic nitrogens is 3. The minimum absolute atomic E-state index is 0.235. The lowest BCUT2D eigenvalue weighted by atomic mass is 10.1. The largest absolute Gasteiger partial charge is 0.330 e. The smallest absolute Gasteiger partial charge is 0.238 e. The molecule has 0 aliphatic heterocycles. The zero-order valence-electron chi connectivity index (χ0n) is 15.3. The van der Waals surface area contributed by atoms with Crippen molar-refractivity contribution in [1.29, 1.82) is 0 Å². The number of benzene rings is 1. The first-order valence-corrected chi connectivity index (χ1v) is 10.7. The lowest BCUT2D eigenvalue weighted by Crippen LogP contribution is -2.23. The lowest BCUT2D eigenvalue weighted by molar-refractivity contribution is -0.115. The highest BCUT2D eigenvalue weighted by atomic mass is 35.5. The van der Waals surface area contributed by atoms with Crippen LogP contribution in [0.2, 0.25) is 10.0 Å². The highest BCUT2D eigenvalue weighted by Crippen LogP contribution is 2.32. The predicted octanol–water partition coefficient (Wildman–Crippen LogP) is 5.72. The molecule has 2 aromatic heterocycles. The third-order valence-corrected chi connectivity index (χ3v) is 6.47. The van der Waals surface area contributed by atoms with Crippen molar-refractivity contribution in [3.63, 3.8) is 0 Å². The van der Waals surface area contributed by atoms with E-state index in [1.54, 1.807) is 6.92 Å². The maximum Gasteiger partial charge on any atom is 0.238 e. The fraction of sp³-hybridized carbons (Fsp3) is 0.222. The molecule has 10 heteroatoms. The molecule has 0 saturated carbocycles. The third kappa shape index (κ3) is 5.14. The Labute approximate surface area is 181 Å². The van der Waals surface area contributed by atoms with Crippen molar-refractivity contribution < 1.29 is 4.79 Å². The summed E-state index contributed by atoms with van der Waals surface area (Å²) in [6.45, 7) is 5.89. The number of carbonyl (C=O) groups is 1. The number of amides is 1. The monoisotopic (exact) mass is 453 g/mol. The van der Waals surface area contributed by atoms with Crippen molar-refractivity contribution in [3.8, 4) is 0 Å². The predicted molar refractivity (Wildman–Crippen MR) is 117 cm³/mol. The Bertz CT molecular complexity index is 1010. The second-order valence-electron chi connectivity index (χ2n) is 5.98. The Morgan fingerprint density at radius 3 is 2.79 bits per heavy atom. The van der Waals surface area contributed by atoms with Crippen molar-refractivity contribution >= 4 is 68.8 Å². The van der Waals surface area contributed by atoms with Crippen LogP contribution in [0.1, 0.15) is 18.1 Å². The number of rotatable bonds is 6. The van der Waals surface area contributed by atoms with Gasteiger partial charge in [0.2, 0.25) is 11.0 Å². The molecule has 6 nitrogen and oxygen atoms in total. The molecule has 3 aromatic rings. The molecule has 0 saturated heterocycles. The SMILES string of the molecule is Cc1cccc(Nc2nnc(SC(C)C(=O)Nc3ncc(Cl)cc3Cl)s2)c1C. The van der Waals surface area contributed by atoms with Crippen LogP contribution in [-0.2, 0) is 4.79 Å². The second-order valence-corrected chi connectivity index (χ2v) is 9.39. The summed E-state index contributed by atoms with van der Waals surface area (Å²) in [6, 6.07) is 7.57. The van der Waals surface area contributed by atoms with E-state index in [2.05, 4.69) is 45.7 Å². The summed E-state index contributed by atoms with van der Waals surface area (Å²) in [7, 11) is 0. The van der Waals surface area contributed by atoms with Gasteiger partial charge >= 0.3 is 0 Å². The van der Waals surface area contributed by atoms with Crippen LogP contribution in [0, 0.1) is 13.8 Å². The molecular weight excluding hydrogens is 437 g/mol. The molecule has 0 aliphatic rings. The van der Waals surface area contributed by atoms with Crippen molar-refractivity contribution in [2.75, 3.05) is 10.6 Å². The van der Waals surface area contributed by atoms with Gasteiger partial charge in [-0.25, -0.2) is 4.98 Å². The average molecular weight is 454 g/mol. The first-order chi connectivity index (χ1) is 13.3. The molecule has 0 bridgehead atoms. The minimum Gasteiger partial charge on any atom is -0.330 e. The molecule has 28 heavy (non-hydrogen) atoms. The summed E-state index contributed by atoms with van der Waals surface area (Å²) in [4.78, 5) is 16.4. The van der Waals surface area contributed by atoms with Crippen LogP contribution >= 0.6 is 46.3 Å². The van der Waals surface area contributed by atoms with Crippen molar-refractivity contribution in [1.82, 2.24) is 15.2 Å². The van der Waals surface area contributed by atoms with Crippen LogP contribution in [0.25, 0.3) is 0 Å². The minimum atomic E-state index is -0.407. The Balaban J connectivity index is 1.62. The van der Waals surface area contributed by atoms with E-state index in [-0.39, 0.29) is 16.7 Å². The van der Waals surface area contributed by atoms with E-state index >= 15 is 0 Å². The van der Waals surface area contributed by atoms with Gasteiger partial charge in [-0.2, -0.15) is 0 Å². The third-order valence-electron chi connectivity index (χ3n) is 3.95. The molecular formula is C18H17Cl2N5OS2. The zero-order valence-corrected chi connectivity index (χ0v) is 18.4. The van der Waals surface area contributed by atoms with Crippen molar-refractivity contribution in [3.05, 3.63) is 51.6 Å². The lowest BCUT2D eigenvalue weighted by Gasteiger charge is -2.10. The van der Waals surface area contributed by atoms with Gasteiger partial charge in [-0.05, 0) is 44.0 Å². The summed E-state index contributed by atoms with van der Waals surface area (Å²) < 4.78 is 0.686. The van der Waals surface area contributed by atoms with Gasteiger partial charge in [-0.15, -0.1) is 10.2 Å². The molecule has 1 aromatic carbocycles. The molecule has 146 valence electrons. The van der Waals surface area contributed by atoms with Gasteiger partial charge in [0.05, 0.1) is 15.3 Å². The highest BCUT2D eigenvalue weighted by molar-refractivity contribution is 8.02. The molecule has 2 N–H and O–H groups in total. The molecule has 0 fully saturated rings. The summed E-state index contributed by atoms with van der Waals surface area (Å²) in [6.07, 6.45) is 1.43. The molecule has 1 atom stereocenters. The number of halogens is 2. The molecule has 3 rings (SSSR count). The second kappa shape index (κ2) is 9.09. The number of pyridine rings is 1. The number of carbonyl (C=O) groups excluding carboxylic acids is 1. The normalized spacial score (nSPS) is 11.9. The first kappa shape index (κ1) is 20.9. The van der Waals surface area contributed by atoms with Crippen LogP contribution in [0.4, 0.5) is 16.6 Å². The first-order valence-electron chi connectivity index (χ1n) is 8.29. The van der Waals surface area contributed by atoms with Gasteiger partial charge in [-0.1, -0.05) is 58.4 Å². The molecule has 1 amide bonds. The van der Waals surface area contributed by atoms with Crippen LogP contribution in [0.3, 0.4) is 0 Å². The molecule has 0 radical (unpaired) electrons. The summed E-state index contributed by atoms with van der Waals surface area (Å²) in [5.41, 5.74) is 3.35. The Morgan fingerprint density at radius 2 is 2.04 bits per heavy atom. The van der Waals surface area contributed by atoms with Gasteiger partial charge in [0.1, 0.15) is 0 Å². The number of aryl methyl sites for hydroxylation is 1. The van der Waals surface area contributed by atoms with Gasteiger partial charge < -0.3 is 10.6 Å². The highest BCUT2D eigenvalue weighted by Gasteiger charge is 2.19. The Hall–Kier alpha value is -1.87. The molecule has 1 unspecified atom stereocenters. The van der Waals surface area contributed by atoms with Crippen LogP contribution in [0.5, 0.6) is 0 Å². The number of nitrogens with zero attached hydrogens (tertiary/aromatic N) is 3. The van der Waals surface area contributed by atoms with Gasteiger partial charge in [0.25, 0.3) is 0 Å². The summed E-state index contributed by atoms with van der Waals surface area (Å²) in [5, 5.41) is 15.2. The van der Waals surface area contributed by atoms with E-state index in [4.69, 9.17) is 23.2 Å². The van der Waals surface area contributed by atoms with E-state index in [9.17, 15) is 4.79 Å². The van der Waals surface area contributed by atoms with Gasteiger partial charge in [0, 0.05) is 11.9 Å². The summed E-state index contributed by atoms with van der Waals surface area (Å²) >= 11 is 14.6. The number of thioether (sulfide) groups is 1. The van der Waals surface area contributed by atoms with E-state index < -0.39 is 5.25 Å². The Morgan fingerprint density at radius 1 is 1.25 bits per heavy atom. The fourth-order valence-electron chi connectivity index (χ4n) is 2.24. The van der Waals surface area contributed by atoms with Crippen molar-refractivity contribution in [2.45, 2.75) is 30.4 Å². The summed E-state index contributed by atoms with van der Waals surface area (Å²) in [5.74, 6) is 0.0408. The number of hydrogen-bond donors (Lipinski definition) is 2. The van der Waals surface area contributed by atoms with E-state index in [0.717, 1.165) is 11.3 Å². The van der Waals surface area contributed by atoms with E-state index in [1.165, 1.54) is 40.9 Å². The van der Waals surface area contributed by atoms with E-state index in [1.807, 2.05) is 12.1 Å². The quantitative estimate of drug-likeness (QED) is 0.464. The van der Waals surface area contributed by atoms with E-state index in [0.29, 0.717) is 14.5 Å². The average Bonchev–Trinajstić information content (AvgIpc) is 3.08.